The number of rotatable bonds is 3. The predicted molar refractivity (Wildman–Crippen MR) is 37.2 cm³/mol. The molecular weight excluding hydrogens is 166 g/mol. The summed E-state index contributed by atoms with van der Waals surface area (Å²) in [5, 5.41) is 5.67. The van der Waals surface area contributed by atoms with E-state index in [9.17, 15) is 4.79 Å². The summed E-state index contributed by atoms with van der Waals surface area (Å²) in [5.74, 6) is 0. The lowest BCUT2D eigenvalue weighted by atomic mass is 10.9. The Morgan fingerprint density at radius 2 is 2.00 bits per heavy atom. The van der Waals surface area contributed by atoms with E-state index in [-0.39, 0.29) is 11.7 Å². The molecule has 64 valence electrons. The van der Waals surface area contributed by atoms with E-state index in [1.807, 2.05) is 0 Å². The molecule has 0 aliphatic carbocycles. The van der Waals surface area contributed by atoms with Gasteiger partial charge < -0.3 is 4.74 Å². The molecule has 0 aromatic heterocycles. The van der Waals surface area contributed by atoms with Crippen molar-refractivity contribution < 1.29 is 9.53 Å². The number of carbonyl (C=O) groups excluding carboxylic acids is 1. The molecule has 9 heteroatoms. The second kappa shape index (κ2) is 5.66. The van der Waals surface area contributed by atoms with Crippen LogP contribution in [-0.2, 0) is 4.74 Å². The SMILES string of the molecule is CCOC(=O)N(N=[N+]=[N-])N=[N+]=[N-]. The molecule has 0 saturated heterocycles. The van der Waals surface area contributed by atoms with Crippen molar-refractivity contribution in [3.05, 3.63) is 20.9 Å². The molecule has 0 unspecified atom stereocenters. The van der Waals surface area contributed by atoms with Gasteiger partial charge in [-0.2, -0.15) is 14.6 Å². The summed E-state index contributed by atoms with van der Waals surface area (Å²) in [5.41, 5.74) is 15.8. The summed E-state index contributed by atoms with van der Waals surface area (Å²) in [6, 6.07) is 0. The molecule has 0 aliphatic rings. The van der Waals surface area contributed by atoms with Crippen molar-refractivity contribution in [2.24, 2.45) is 10.4 Å². The zero-order chi connectivity index (χ0) is 9.40. The molecule has 0 aromatic carbocycles. The van der Waals surface area contributed by atoms with E-state index in [0.29, 0.717) is 0 Å². The molecule has 12 heavy (non-hydrogen) atoms. The van der Waals surface area contributed by atoms with Gasteiger partial charge in [-0.3, -0.25) is 0 Å². The van der Waals surface area contributed by atoms with E-state index in [4.69, 9.17) is 11.1 Å². The van der Waals surface area contributed by atoms with E-state index in [0.717, 1.165) is 0 Å². The summed E-state index contributed by atoms with van der Waals surface area (Å²) in [7, 11) is 0. The summed E-state index contributed by atoms with van der Waals surface area (Å²) < 4.78 is 4.37. The average molecular weight is 171 g/mol. The molecular formula is C3H5N7O2. The minimum absolute atomic E-state index is 0.0945. The van der Waals surface area contributed by atoms with Crippen molar-refractivity contribution in [1.82, 2.24) is 5.12 Å². The number of hydrogen-bond acceptors (Lipinski definition) is 4. The highest BCUT2D eigenvalue weighted by Gasteiger charge is 2.14. The van der Waals surface area contributed by atoms with Gasteiger partial charge in [0.25, 0.3) is 0 Å². The van der Waals surface area contributed by atoms with Crippen LogP contribution in [0.1, 0.15) is 6.92 Å². The highest BCUT2D eigenvalue weighted by molar-refractivity contribution is 5.66. The smallest absolute Gasteiger partial charge is 0.431 e. The molecule has 0 saturated carbocycles. The van der Waals surface area contributed by atoms with Crippen LogP contribution in [0.15, 0.2) is 10.4 Å². The third kappa shape index (κ3) is 3.16. The minimum Gasteiger partial charge on any atom is -0.431 e. The quantitative estimate of drug-likeness (QED) is 0.278. The van der Waals surface area contributed by atoms with Crippen LogP contribution in [-0.4, -0.2) is 17.8 Å². The fraction of sp³-hybridized carbons (Fsp3) is 0.667. The van der Waals surface area contributed by atoms with Crippen LogP contribution >= 0.6 is 0 Å². The van der Waals surface area contributed by atoms with E-state index < -0.39 is 6.09 Å². The molecule has 0 rings (SSSR count). The Bertz CT molecular complexity index is 231. The lowest BCUT2D eigenvalue weighted by Crippen LogP contribution is -2.19. The van der Waals surface area contributed by atoms with Crippen LogP contribution in [0.2, 0.25) is 0 Å². The number of nitrogens with zero attached hydrogens (tertiary/aromatic N) is 7. The molecule has 0 fully saturated rings. The molecule has 0 spiro atoms. The summed E-state index contributed by atoms with van der Waals surface area (Å²) in [6.07, 6.45) is -1.02. The first-order valence-electron chi connectivity index (χ1n) is 2.83. The topological polar surface area (TPSA) is 127 Å². The Labute approximate surface area is 66.7 Å². The van der Waals surface area contributed by atoms with Crippen LogP contribution in [0.25, 0.3) is 20.9 Å². The van der Waals surface area contributed by atoms with Gasteiger partial charge in [-0.1, -0.05) is 5.12 Å². The maximum atomic E-state index is 10.7. The van der Waals surface area contributed by atoms with Crippen molar-refractivity contribution >= 4 is 6.09 Å². The van der Waals surface area contributed by atoms with E-state index in [1.165, 1.54) is 0 Å². The Morgan fingerprint density at radius 3 is 2.33 bits per heavy atom. The highest BCUT2D eigenvalue weighted by atomic mass is 16.6. The van der Waals surface area contributed by atoms with Crippen molar-refractivity contribution in [1.29, 1.82) is 0 Å². The van der Waals surface area contributed by atoms with Crippen molar-refractivity contribution in [3.63, 3.8) is 0 Å². The van der Waals surface area contributed by atoms with Gasteiger partial charge in [0.1, 0.15) is 0 Å². The lowest BCUT2D eigenvalue weighted by molar-refractivity contribution is 0.108. The molecule has 1 amide bonds. The number of carbonyl (C=O) groups is 1. The zero-order valence-corrected chi connectivity index (χ0v) is 6.15. The first-order chi connectivity index (χ1) is 5.76. The van der Waals surface area contributed by atoms with E-state index >= 15 is 0 Å². The Morgan fingerprint density at radius 1 is 1.50 bits per heavy atom. The Hall–Kier alpha value is -2.11. The van der Waals surface area contributed by atoms with Crippen LogP contribution in [0, 0.1) is 0 Å². The lowest BCUT2D eigenvalue weighted by Gasteiger charge is -2.02. The first-order valence-corrected chi connectivity index (χ1v) is 2.83. The molecule has 0 atom stereocenters. The molecule has 0 radical (unpaired) electrons. The molecule has 0 heterocycles. The number of azide groups is 1. The molecule has 9 nitrogen and oxygen atoms in total. The maximum absolute atomic E-state index is 10.7. The second-order valence-corrected chi connectivity index (χ2v) is 1.35. The van der Waals surface area contributed by atoms with Crippen molar-refractivity contribution in [3.8, 4) is 0 Å². The summed E-state index contributed by atoms with van der Waals surface area (Å²) in [6.45, 7) is 1.65. The van der Waals surface area contributed by atoms with Gasteiger partial charge in [0.05, 0.1) is 6.61 Å². The maximum Gasteiger partial charge on any atom is 0.521 e. The third-order valence-electron chi connectivity index (χ3n) is 0.681. The van der Waals surface area contributed by atoms with Crippen LogP contribution in [0.4, 0.5) is 4.79 Å². The standard InChI is InChI=1S/C3H5N7O2/c1-2-12-3(11)10(8-6-4)9-7-5/h2H2,1H3. The Balaban J connectivity index is 4.38. The van der Waals surface area contributed by atoms with Gasteiger partial charge in [0.2, 0.25) is 0 Å². The van der Waals surface area contributed by atoms with Gasteiger partial charge >= 0.3 is 6.09 Å². The summed E-state index contributed by atoms with van der Waals surface area (Å²) >= 11 is 0. The number of amides is 1. The zero-order valence-electron chi connectivity index (χ0n) is 6.15. The number of hydrogen-bond donors (Lipinski definition) is 0. The van der Waals surface area contributed by atoms with Crippen molar-refractivity contribution in [2.75, 3.05) is 6.61 Å². The fourth-order valence-electron chi connectivity index (χ4n) is 0.348. The molecule has 0 aliphatic heterocycles. The normalized spacial score (nSPS) is 7.42. The van der Waals surface area contributed by atoms with Gasteiger partial charge in [0, 0.05) is 10.4 Å². The number of ether oxygens (including phenoxy) is 1. The van der Waals surface area contributed by atoms with Gasteiger partial charge in [-0.15, -0.1) is 11.1 Å². The van der Waals surface area contributed by atoms with E-state index in [2.05, 4.69) is 25.0 Å². The fourth-order valence-corrected chi connectivity index (χ4v) is 0.348. The molecule has 0 aromatic rings. The Kier molecular flexibility index (Phi) is 4.66. The van der Waals surface area contributed by atoms with E-state index in [1.54, 1.807) is 6.92 Å². The third-order valence-corrected chi connectivity index (χ3v) is 0.681. The van der Waals surface area contributed by atoms with Gasteiger partial charge in [-0.05, 0) is 6.92 Å². The van der Waals surface area contributed by atoms with Gasteiger partial charge in [-0.25, -0.2) is 0 Å². The monoisotopic (exact) mass is 171 g/mol. The summed E-state index contributed by atoms with van der Waals surface area (Å²) in [4.78, 5) is 15.2. The van der Waals surface area contributed by atoms with Crippen LogP contribution in [0.3, 0.4) is 0 Å². The largest absolute Gasteiger partial charge is 0.521 e. The molecule has 0 N–H and O–H groups in total. The van der Waals surface area contributed by atoms with Crippen molar-refractivity contribution in [2.45, 2.75) is 6.92 Å². The first kappa shape index (κ1) is 9.89. The van der Waals surface area contributed by atoms with Crippen LogP contribution in [0.5, 0.6) is 0 Å². The average Bonchev–Trinajstić information content (AvgIpc) is 2.04. The van der Waals surface area contributed by atoms with Crippen LogP contribution < -0.4 is 0 Å². The predicted octanol–water partition coefficient (Wildman–Crippen LogP) is 1.90. The second-order valence-electron chi connectivity index (χ2n) is 1.35. The molecule has 0 bridgehead atoms. The minimum atomic E-state index is -1.02. The van der Waals surface area contributed by atoms with Gasteiger partial charge in [0.15, 0.2) is 0 Å². The highest BCUT2D eigenvalue weighted by Crippen LogP contribution is 1.96.